The molecule has 0 amide bonds. The van der Waals surface area contributed by atoms with E-state index < -0.39 is 0 Å². The van der Waals surface area contributed by atoms with E-state index in [1.165, 1.54) is 4.88 Å². The van der Waals surface area contributed by atoms with E-state index >= 15 is 0 Å². The molecule has 114 valence electrons. The van der Waals surface area contributed by atoms with Crippen LogP contribution in [0.3, 0.4) is 0 Å². The van der Waals surface area contributed by atoms with Crippen LogP contribution >= 0.6 is 35.3 Å². The van der Waals surface area contributed by atoms with E-state index in [1.807, 2.05) is 37.4 Å². The zero-order chi connectivity index (χ0) is 14.4. The Balaban J connectivity index is 0.00000220. The van der Waals surface area contributed by atoms with E-state index in [9.17, 15) is 0 Å². The van der Waals surface area contributed by atoms with Gasteiger partial charge in [-0.2, -0.15) is 0 Å². The maximum absolute atomic E-state index is 5.84. The number of nitrogens with one attached hydrogen (secondary N) is 1. The average molecular weight is 418 g/mol. The molecule has 1 aromatic carbocycles. The predicted molar refractivity (Wildman–Crippen MR) is 99.1 cm³/mol. The Morgan fingerprint density at radius 2 is 2.10 bits per heavy atom. The monoisotopic (exact) mass is 418 g/mol. The molecule has 2 aromatic rings. The van der Waals surface area contributed by atoms with Gasteiger partial charge in [0.25, 0.3) is 0 Å². The zero-order valence-corrected chi connectivity index (χ0v) is 15.1. The molecule has 0 bridgehead atoms. The zero-order valence-electron chi connectivity index (χ0n) is 12.0. The van der Waals surface area contributed by atoms with Gasteiger partial charge in [-0.05, 0) is 31.2 Å². The number of nitrogens with zero attached hydrogens (tertiary/aromatic N) is 2. The number of nitrogens with two attached hydrogens (primary N) is 1. The highest BCUT2D eigenvalue weighted by atomic mass is 127. The van der Waals surface area contributed by atoms with Crippen molar-refractivity contribution in [2.24, 2.45) is 10.7 Å². The van der Waals surface area contributed by atoms with Crippen molar-refractivity contribution in [1.29, 1.82) is 0 Å². The van der Waals surface area contributed by atoms with Crippen LogP contribution in [0.25, 0.3) is 0 Å². The highest BCUT2D eigenvalue weighted by Crippen LogP contribution is 2.14. The highest BCUT2D eigenvalue weighted by molar-refractivity contribution is 14.0. The van der Waals surface area contributed by atoms with Crippen LogP contribution < -0.4 is 15.8 Å². The van der Waals surface area contributed by atoms with Crippen LogP contribution in [0.15, 0.2) is 35.5 Å². The maximum Gasteiger partial charge on any atom is 0.193 e. The van der Waals surface area contributed by atoms with Gasteiger partial charge in [-0.3, -0.25) is 4.99 Å². The van der Waals surface area contributed by atoms with E-state index in [-0.39, 0.29) is 24.0 Å². The third-order valence-electron chi connectivity index (χ3n) is 2.64. The Labute approximate surface area is 145 Å². The number of aryl methyl sites for hydroxylation is 1. The number of thiazole rings is 1. The fraction of sp³-hybridized carbons (Fsp3) is 0.286. The summed E-state index contributed by atoms with van der Waals surface area (Å²) >= 11 is 1.69. The maximum atomic E-state index is 5.84. The van der Waals surface area contributed by atoms with Crippen LogP contribution in [0.5, 0.6) is 5.75 Å². The number of hydrogen-bond donors (Lipinski definition) is 2. The lowest BCUT2D eigenvalue weighted by Crippen LogP contribution is -2.23. The third kappa shape index (κ3) is 5.88. The molecule has 7 heteroatoms. The summed E-state index contributed by atoms with van der Waals surface area (Å²) in [7, 11) is 1.64. The number of rotatable bonds is 5. The van der Waals surface area contributed by atoms with E-state index in [4.69, 9.17) is 10.5 Å². The Morgan fingerprint density at radius 1 is 1.38 bits per heavy atom. The van der Waals surface area contributed by atoms with Gasteiger partial charge in [-0.1, -0.05) is 0 Å². The molecule has 1 heterocycles. The molecule has 5 nitrogen and oxygen atoms in total. The molecule has 0 radical (unpaired) electrons. The van der Waals surface area contributed by atoms with Crippen LogP contribution in [0.1, 0.15) is 9.88 Å². The first-order chi connectivity index (χ1) is 9.67. The summed E-state index contributed by atoms with van der Waals surface area (Å²) in [6.07, 6.45) is 2.69. The second-order valence-electron chi connectivity index (χ2n) is 4.24. The summed E-state index contributed by atoms with van der Waals surface area (Å²) in [6, 6.07) is 7.53. The van der Waals surface area contributed by atoms with E-state index in [2.05, 4.69) is 15.3 Å². The lowest BCUT2D eigenvalue weighted by molar-refractivity contribution is 0.415. The summed E-state index contributed by atoms with van der Waals surface area (Å²) in [6.45, 7) is 2.67. The number of halogens is 1. The van der Waals surface area contributed by atoms with Crippen molar-refractivity contribution >= 4 is 47.0 Å². The van der Waals surface area contributed by atoms with Gasteiger partial charge in [0, 0.05) is 29.7 Å². The SMILES string of the molecule is COc1ccc(NC(N)=NCCc2ncc(C)s2)cc1.I. The Kier molecular flexibility index (Phi) is 7.44. The lowest BCUT2D eigenvalue weighted by Gasteiger charge is -2.06. The van der Waals surface area contributed by atoms with E-state index in [1.54, 1.807) is 18.4 Å². The van der Waals surface area contributed by atoms with Gasteiger partial charge in [0.05, 0.1) is 12.1 Å². The van der Waals surface area contributed by atoms with Crippen molar-refractivity contribution in [3.8, 4) is 5.75 Å². The van der Waals surface area contributed by atoms with Gasteiger partial charge in [-0.15, -0.1) is 35.3 Å². The molecule has 0 saturated carbocycles. The lowest BCUT2D eigenvalue weighted by atomic mass is 10.3. The van der Waals surface area contributed by atoms with Gasteiger partial charge in [0.2, 0.25) is 0 Å². The van der Waals surface area contributed by atoms with Crippen LogP contribution in [-0.2, 0) is 6.42 Å². The summed E-state index contributed by atoms with van der Waals surface area (Å²) in [5, 5.41) is 4.13. The van der Waals surface area contributed by atoms with Gasteiger partial charge in [0.1, 0.15) is 5.75 Å². The third-order valence-corrected chi connectivity index (χ3v) is 3.61. The van der Waals surface area contributed by atoms with Crippen molar-refractivity contribution in [3.05, 3.63) is 40.3 Å². The number of ether oxygens (including phenoxy) is 1. The topological polar surface area (TPSA) is 72.5 Å². The van der Waals surface area contributed by atoms with Crippen molar-refractivity contribution in [2.45, 2.75) is 13.3 Å². The first-order valence-electron chi connectivity index (χ1n) is 6.29. The van der Waals surface area contributed by atoms with Gasteiger partial charge < -0.3 is 15.8 Å². The molecule has 0 aliphatic rings. The molecule has 0 saturated heterocycles. The summed E-state index contributed by atoms with van der Waals surface area (Å²) < 4.78 is 5.09. The molecule has 2 rings (SSSR count). The number of methoxy groups -OCH3 is 1. The molecule has 0 atom stereocenters. The highest BCUT2D eigenvalue weighted by Gasteiger charge is 1.99. The average Bonchev–Trinajstić information content (AvgIpc) is 2.85. The molecule has 0 unspecified atom stereocenters. The first kappa shape index (κ1) is 17.7. The van der Waals surface area contributed by atoms with Crippen LogP contribution in [0, 0.1) is 6.92 Å². The standard InChI is InChI=1S/C14H18N4OS.HI/c1-10-9-17-13(20-10)7-8-16-14(15)18-11-3-5-12(19-2)6-4-11;/h3-6,9H,7-8H2,1-2H3,(H3,15,16,18);1H. The Morgan fingerprint density at radius 3 is 2.67 bits per heavy atom. The molecule has 0 spiro atoms. The number of hydrogen-bond acceptors (Lipinski definition) is 4. The molecule has 21 heavy (non-hydrogen) atoms. The minimum absolute atomic E-state index is 0. The Hall–Kier alpha value is -1.35. The van der Waals surface area contributed by atoms with Crippen molar-refractivity contribution < 1.29 is 4.74 Å². The molecule has 1 aromatic heterocycles. The molecule has 0 fully saturated rings. The van der Waals surface area contributed by atoms with Crippen molar-refractivity contribution in [3.63, 3.8) is 0 Å². The molecule has 0 aliphatic carbocycles. The predicted octanol–water partition coefficient (Wildman–Crippen LogP) is 3.05. The minimum atomic E-state index is 0. The largest absolute Gasteiger partial charge is 0.497 e. The van der Waals surface area contributed by atoms with Crippen molar-refractivity contribution in [1.82, 2.24) is 4.98 Å². The fourth-order valence-corrected chi connectivity index (χ4v) is 2.43. The first-order valence-corrected chi connectivity index (χ1v) is 7.11. The summed E-state index contributed by atoms with van der Waals surface area (Å²) in [5.41, 5.74) is 6.72. The van der Waals surface area contributed by atoms with Gasteiger partial charge >= 0.3 is 0 Å². The summed E-state index contributed by atoms with van der Waals surface area (Å²) in [4.78, 5) is 9.79. The molecular weight excluding hydrogens is 399 g/mol. The normalized spacial score (nSPS) is 10.9. The number of aliphatic imine (C=N–C) groups is 1. The van der Waals surface area contributed by atoms with Gasteiger partial charge in [0.15, 0.2) is 5.96 Å². The van der Waals surface area contributed by atoms with Crippen LogP contribution in [-0.4, -0.2) is 24.6 Å². The molecular formula is C14H19IN4OS. The quantitative estimate of drug-likeness (QED) is 0.445. The smallest absolute Gasteiger partial charge is 0.193 e. The van der Waals surface area contributed by atoms with Crippen LogP contribution in [0.4, 0.5) is 5.69 Å². The number of benzene rings is 1. The molecule has 3 N–H and O–H groups in total. The fourth-order valence-electron chi connectivity index (χ4n) is 1.65. The number of aromatic nitrogens is 1. The number of guanidine groups is 1. The Bertz CT molecular complexity index is 583. The summed E-state index contributed by atoms with van der Waals surface area (Å²) in [5.74, 6) is 1.22. The second kappa shape index (κ2) is 8.83. The van der Waals surface area contributed by atoms with Gasteiger partial charge in [-0.25, -0.2) is 4.98 Å². The molecule has 0 aliphatic heterocycles. The van der Waals surface area contributed by atoms with E-state index in [0.717, 1.165) is 22.9 Å². The number of anilines is 1. The minimum Gasteiger partial charge on any atom is -0.497 e. The second-order valence-corrected chi connectivity index (χ2v) is 5.55. The van der Waals surface area contributed by atoms with Crippen LogP contribution in [0.2, 0.25) is 0 Å². The van der Waals surface area contributed by atoms with E-state index in [0.29, 0.717) is 12.5 Å². The van der Waals surface area contributed by atoms with Crippen molar-refractivity contribution in [2.75, 3.05) is 19.0 Å².